The Bertz CT molecular complexity index is 647. The maximum atomic E-state index is 11.6. The van der Waals surface area contributed by atoms with Crippen LogP contribution >= 0.6 is 0 Å². The molecule has 1 aliphatic carbocycles. The molecule has 1 amide bonds. The first-order chi connectivity index (χ1) is 10.3. The smallest absolute Gasteiger partial charge is 0.223 e. The second-order valence-electron chi connectivity index (χ2n) is 5.64. The molecule has 0 unspecified atom stereocenters. The van der Waals surface area contributed by atoms with Crippen molar-refractivity contribution in [2.75, 3.05) is 13.7 Å². The van der Waals surface area contributed by atoms with Crippen LogP contribution in [0, 0.1) is 5.92 Å². The van der Waals surface area contributed by atoms with Crippen LogP contribution in [0.5, 0.6) is 5.75 Å². The topological polar surface area (TPSA) is 38.3 Å². The van der Waals surface area contributed by atoms with Gasteiger partial charge >= 0.3 is 0 Å². The maximum absolute atomic E-state index is 11.6. The minimum Gasteiger partial charge on any atom is -0.496 e. The minimum atomic E-state index is 0.222. The maximum Gasteiger partial charge on any atom is 0.223 e. The predicted octanol–water partition coefficient (Wildman–Crippen LogP) is 3.31. The van der Waals surface area contributed by atoms with Gasteiger partial charge in [0.25, 0.3) is 0 Å². The van der Waals surface area contributed by atoms with Crippen LogP contribution in [-0.4, -0.2) is 19.6 Å². The number of benzene rings is 2. The summed E-state index contributed by atoms with van der Waals surface area (Å²) in [6, 6.07) is 12.5. The lowest BCUT2D eigenvalue weighted by Crippen LogP contribution is -2.26. The number of hydrogen-bond acceptors (Lipinski definition) is 2. The molecule has 0 atom stereocenters. The standard InChI is InChI=1S/C18H21NO2/c1-21-17-11-10-13-5-2-3-6-15(13)16(17)7-4-12-19-18(20)14-8-9-14/h2-3,5-6,10-11,14H,4,7-9,12H2,1H3,(H,19,20). The molecule has 1 N–H and O–H groups in total. The number of rotatable bonds is 6. The third-order valence-electron chi connectivity index (χ3n) is 4.07. The lowest BCUT2D eigenvalue weighted by molar-refractivity contribution is -0.122. The molecule has 0 aliphatic heterocycles. The first-order valence-corrected chi connectivity index (χ1v) is 7.62. The van der Waals surface area contributed by atoms with E-state index in [2.05, 4.69) is 35.6 Å². The summed E-state index contributed by atoms with van der Waals surface area (Å²) in [5.74, 6) is 1.44. The van der Waals surface area contributed by atoms with Gasteiger partial charge in [0, 0.05) is 18.0 Å². The SMILES string of the molecule is COc1ccc2ccccc2c1CCCNC(=O)C1CC1. The molecular formula is C18H21NO2. The monoisotopic (exact) mass is 283 g/mol. The summed E-state index contributed by atoms with van der Waals surface area (Å²) in [5.41, 5.74) is 1.23. The van der Waals surface area contributed by atoms with Gasteiger partial charge in [-0.2, -0.15) is 0 Å². The van der Waals surface area contributed by atoms with Crippen molar-refractivity contribution in [2.45, 2.75) is 25.7 Å². The zero-order valence-electron chi connectivity index (χ0n) is 12.4. The molecule has 2 aromatic rings. The molecule has 0 saturated heterocycles. The van der Waals surface area contributed by atoms with Crippen LogP contribution in [-0.2, 0) is 11.2 Å². The van der Waals surface area contributed by atoms with E-state index >= 15 is 0 Å². The molecule has 2 aromatic carbocycles. The Morgan fingerprint density at radius 2 is 2.05 bits per heavy atom. The van der Waals surface area contributed by atoms with Gasteiger partial charge in [-0.05, 0) is 42.5 Å². The summed E-state index contributed by atoms with van der Waals surface area (Å²) in [6.07, 6.45) is 3.96. The van der Waals surface area contributed by atoms with Crippen molar-refractivity contribution in [3.63, 3.8) is 0 Å². The van der Waals surface area contributed by atoms with E-state index in [9.17, 15) is 4.79 Å². The highest BCUT2D eigenvalue weighted by Gasteiger charge is 2.28. The Hall–Kier alpha value is -2.03. The summed E-state index contributed by atoms with van der Waals surface area (Å²) < 4.78 is 5.49. The molecule has 0 radical (unpaired) electrons. The summed E-state index contributed by atoms with van der Waals surface area (Å²) in [4.78, 5) is 11.6. The first-order valence-electron chi connectivity index (χ1n) is 7.62. The number of carbonyl (C=O) groups excluding carboxylic acids is 1. The lowest BCUT2D eigenvalue weighted by Gasteiger charge is -2.12. The number of hydrogen-bond donors (Lipinski definition) is 1. The zero-order chi connectivity index (χ0) is 14.7. The van der Waals surface area contributed by atoms with Crippen molar-refractivity contribution in [3.05, 3.63) is 42.0 Å². The number of nitrogens with one attached hydrogen (secondary N) is 1. The molecule has 3 heteroatoms. The molecule has 0 heterocycles. The van der Waals surface area contributed by atoms with Gasteiger partial charge in [-0.1, -0.05) is 30.3 Å². The Morgan fingerprint density at radius 1 is 1.24 bits per heavy atom. The van der Waals surface area contributed by atoms with Crippen molar-refractivity contribution in [2.24, 2.45) is 5.92 Å². The van der Waals surface area contributed by atoms with E-state index in [0.717, 1.165) is 38.0 Å². The summed E-state index contributed by atoms with van der Waals surface area (Å²) in [6.45, 7) is 0.738. The highest BCUT2D eigenvalue weighted by atomic mass is 16.5. The molecule has 1 saturated carbocycles. The summed E-state index contributed by atoms with van der Waals surface area (Å²) in [7, 11) is 1.71. The average molecular weight is 283 g/mol. The van der Waals surface area contributed by atoms with Crippen LogP contribution in [0.2, 0.25) is 0 Å². The molecule has 3 rings (SSSR count). The van der Waals surface area contributed by atoms with Crippen molar-refractivity contribution >= 4 is 16.7 Å². The van der Waals surface area contributed by atoms with Gasteiger partial charge in [0.1, 0.15) is 5.75 Å². The van der Waals surface area contributed by atoms with Gasteiger partial charge < -0.3 is 10.1 Å². The number of fused-ring (bicyclic) bond motifs is 1. The fourth-order valence-electron chi connectivity index (χ4n) is 2.73. The second kappa shape index (κ2) is 6.17. The van der Waals surface area contributed by atoms with Crippen LogP contribution in [0.15, 0.2) is 36.4 Å². The molecular weight excluding hydrogens is 262 g/mol. The fraction of sp³-hybridized carbons (Fsp3) is 0.389. The van der Waals surface area contributed by atoms with Crippen LogP contribution in [0.4, 0.5) is 0 Å². The van der Waals surface area contributed by atoms with Crippen LogP contribution < -0.4 is 10.1 Å². The summed E-state index contributed by atoms with van der Waals surface area (Å²) >= 11 is 0. The number of aryl methyl sites for hydroxylation is 1. The highest BCUT2D eigenvalue weighted by Crippen LogP contribution is 2.30. The molecule has 3 nitrogen and oxygen atoms in total. The van der Waals surface area contributed by atoms with Gasteiger partial charge in [-0.25, -0.2) is 0 Å². The molecule has 0 bridgehead atoms. The van der Waals surface area contributed by atoms with E-state index in [-0.39, 0.29) is 11.8 Å². The quantitative estimate of drug-likeness (QED) is 0.826. The van der Waals surface area contributed by atoms with E-state index in [0.29, 0.717) is 0 Å². The van der Waals surface area contributed by atoms with Crippen LogP contribution in [0.3, 0.4) is 0 Å². The number of carbonyl (C=O) groups is 1. The molecule has 21 heavy (non-hydrogen) atoms. The van der Waals surface area contributed by atoms with E-state index in [1.54, 1.807) is 7.11 Å². The lowest BCUT2D eigenvalue weighted by atomic mass is 9.99. The van der Waals surface area contributed by atoms with Crippen LogP contribution in [0.25, 0.3) is 10.8 Å². The van der Waals surface area contributed by atoms with Crippen molar-refractivity contribution in [3.8, 4) is 5.75 Å². The van der Waals surface area contributed by atoms with Gasteiger partial charge in [0.2, 0.25) is 5.91 Å². The Kier molecular flexibility index (Phi) is 4.09. The fourth-order valence-corrected chi connectivity index (χ4v) is 2.73. The normalized spacial score (nSPS) is 14.1. The first kappa shape index (κ1) is 13.9. The average Bonchev–Trinajstić information content (AvgIpc) is 3.36. The van der Waals surface area contributed by atoms with E-state index in [4.69, 9.17) is 4.74 Å². The van der Waals surface area contributed by atoms with Gasteiger partial charge in [0.15, 0.2) is 0 Å². The molecule has 1 fully saturated rings. The largest absolute Gasteiger partial charge is 0.496 e. The Morgan fingerprint density at radius 3 is 2.81 bits per heavy atom. The van der Waals surface area contributed by atoms with Crippen molar-refractivity contribution in [1.29, 1.82) is 0 Å². The van der Waals surface area contributed by atoms with Crippen molar-refractivity contribution < 1.29 is 9.53 Å². The molecule has 110 valence electrons. The van der Waals surface area contributed by atoms with Gasteiger partial charge in [-0.15, -0.1) is 0 Å². The Balaban J connectivity index is 1.68. The molecule has 0 spiro atoms. The van der Waals surface area contributed by atoms with Gasteiger partial charge in [-0.3, -0.25) is 4.79 Å². The van der Waals surface area contributed by atoms with Crippen molar-refractivity contribution in [1.82, 2.24) is 5.32 Å². The highest BCUT2D eigenvalue weighted by molar-refractivity contribution is 5.87. The number of amides is 1. The third kappa shape index (κ3) is 3.18. The van der Waals surface area contributed by atoms with Gasteiger partial charge in [0.05, 0.1) is 7.11 Å². The van der Waals surface area contributed by atoms with Crippen LogP contribution in [0.1, 0.15) is 24.8 Å². The van der Waals surface area contributed by atoms with E-state index < -0.39 is 0 Å². The predicted molar refractivity (Wildman–Crippen MR) is 84.6 cm³/mol. The molecule has 1 aliphatic rings. The third-order valence-corrected chi connectivity index (χ3v) is 4.07. The zero-order valence-corrected chi connectivity index (χ0v) is 12.4. The van der Waals surface area contributed by atoms with E-state index in [1.807, 2.05) is 6.07 Å². The second-order valence-corrected chi connectivity index (χ2v) is 5.64. The molecule has 0 aromatic heterocycles. The Labute approximate surface area is 125 Å². The van der Waals surface area contributed by atoms with E-state index in [1.165, 1.54) is 16.3 Å². The summed E-state index contributed by atoms with van der Waals surface area (Å²) in [5, 5.41) is 5.49. The number of methoxy groups -OCH3 is 1. The minimum absolute atomic E-state index is 0.222. The number of ether oxygens (including phenoxy) is 1.